The molecule has 0 radical (unpaired) electrons. The number of likely N-dealkylation sites (tertiary alicyclic amines) is 1. The van der Waals surface area contributed by atoms with Crippen molar-refractivity contribution >= 4 is 17.7 Å². The Balaban J connectivity index is 1.91. The summed E-state index contributed by atoms with van der Waals surface area (Å²) in [5, 5.41) is 8.90. The molecule has 0 aromatic carbocycles. The number of hydrogen-bond donors (Lipinski definition) is 1. The van der Waals surface area contributed by atoms with Crippen LogP contribution in [0.4, 0.5) is 10.5 Å². The molecule has 0 atom stereocenters. The molecule has 0 unspecified atom stereocenters. The van der Waals surface area contributed by atoms with Gasteiger partial charge in [0.1, 0.15) is 11.3 Å². The lowest BCUT2D eigenvalue weighted by Crippen LogP contribution is -2.47. The third-order valence-corrected chi connectivity index (χ3v) is 4.04. The van der Waals surface area contributed by atoms with Crippen LogP contribution < -0.4 is 4.90 Å². The van der Waals surface area contributed by atoms with E-state index in [2.05, 4.69) is 9.88 Å². The maximum atomic E-state index is 12.1. The summed E-state index contributed by atoms with van der Waals surface area (Å²) in [6.07, 6.45) is 2.97. The number of amides is 1. The van der Waals surface area contributed by atoms with Crippen LogP contribution in [0.5, 0.6) is 0 Å². The minimum absolute atomic E-state index is 0.0342. The second-order valence-electron chi connectivity index (χ2n) is 7.02. The number of carbonyl (C=O) groups excluding carboxylic acids is 1. The highest BCUT2D eigenvalue weighted by Crippen LogP contribution is 2.23. The van der Waals surface area contributed by atoms with Crippen molar-refractivity contribution in [3.8, 4) is 0 Å². The summed E-state index contributed by atoms with van der Waals surface area (Å²) in [4.78, 5) is 30.7. The first kappa shape index (κ1) is 18.0. The van der Waals surface area contributed by atoms with Crippen LogP contribution in [-0.2, 0) is 4.74 Å². The predicted octanol–water partition coefficient (Wildman–Crippen LogP) is 2.62. The number of piperidine rings is 1. The summed E-state index contributed by atoms with van der Waals surface area (Å²) >= 11 is 0. The zero-order valence-electron chi connectivity index (χ0n) is 14.7. The molecular formula is C17H25N3O4. The van der Waals surface area contributed by atoms with E-state index in [0.29, 0.717) is 13.1 Å². The topological polar surface area (TPSA) is 83.0 Å². The van der Waals surface area contributed by atoms with Crippen LogP contribution in [-0.4, -0.2) is 58.8 Å². The Morgan fingerprint density at radius 2 is 1.92 bits per heavy atom. The number of anilines is 1. The average Bonchev–Trinajstić information content (AvgIpc) is 2.53. The molecule has 1 aliphatic rings. The lowest BCUT2D eigenvalue weighted by atomic mass is 10.0. The van der Waals surface area contributed by atoms with E-state index in [9.17, 15) is 9.59 Å². The smallest absolute Gasteiger partial charge is 0.410 e. The molecule has 0 aliphatic carbocycles. The monoisotopic (exact) mass is 335 g/mol. The fraction of sp³-hybridized carbons (Fsp3) is 0.588. The van der Waals surface area contributed by atoms with Crippen LogP contribution in [0.25, 0.3) is 0 Å². The Kier molecular flexibility index (Phi) is 5.31. The summed E-state index contributed by atoms with van der Waals surface area (Å²) in [6.45, 7) is 6.87. The number of carboxylic acid groups (broad SMARTS) is 1. The highest BCUT2D eigenvalue weighted by atomic mass is 16.6. The molecule has 1 aromatic rings. The van der Waals surface area contributed by atoms with Crippen molar-refractivity contribution in [2.24, 2.45) is 0 Å². The van der Waals surface area contributed by atoms with Crippen LogP contribution in [0.3, 0.4) is 0 Å². The zero-order valence-corrected chi connectivity index (χ0v) is 14.7. The molecule has 0 bridgehead atoms. The summed E-state index contributed by atoms with van der Waals surface area (Å²) in [5.41, 5.74) is 0.421. The van der Waals surface area contributed by atoms with Crippen molar-refractivity contribution in [3.05, 3.63) is 24.0 Å². The van der Waals surface area contributed by atoms with Gasteiger partial charge in [0.25, 0.3) is 0 Å². The van der Waals surface area contributed by atoms with Crippen LogP contribution in [0, 0.1) is 0 Å². The van der Waals surface area contributed by atoms with Gasteiger partial charge in [-0.3, -0.25) is 0 Å². The van der Waals surface area contributed by atoms with Gasteiger partial charge >= 0.3 is 12.1 Å². The van der Waals surface area contributed by atoms with E-state index in [0.717, 1.165) is 18.5 Å². The van der Waals surface area contributed by atoms with Crippen LogP contribution >= 0.6 is 0 Å². The van der Waals surface area contributed by atoms with Crippen LogP contribution in [0.2, 0.25) is 0 Å². The van der Waals surface area contributed by atoms with E-state index in [1.807, 2.05) is 27.8 Å². The van der Waals surface area contributed by atoms with Crippen LogP contribution in [0.15, 0.2) is 18.3 Å². The van der Waals surface area contributed by atoms with Gasteiger partial charge in [0, 0.05) is 26.2 Å². The standard InChI is InChI=1S/C17H25N3O4/c1-17(2,3)24-16(23)20-9-7-12(8-10-20)19(4)13-5-6-14(15(21)22)18-11-13/h5-6,11-12H,7-10H2,1-4H3,(H,21,22). The molecule has 132 valence electrons. The van der Waals surface area contributed by atoms with Gasteiger partial charge in [0.2, 0.25) is 0 Å². The zero-order chi connectivity index (χ0) is 17.9. The van der Waals surface area contributed by atoms with Gasteiger partial charge in [-0.15, -0.1) is 0 Å². The third-order valence-electron chi connectivity index (χ3n) is 4.04. The SMILES string of the molecule is CN(c1ccc(C(=O)O)nc1)C1CCN(C(=O)OC(C)(C)C)CC1. The fourth-order valence-corrected chi connectivity index (χ4v) is 2.69. The molecular weight excluding hydrogens is 310 g/mol. The van der Waals surface area contributed by atoms with E-state index in [4.69, 9.17) is 9.84 Å². The van der Waals surface area contributed by atoms with Gasteiger partial charge in [0.15, 0.2) is 0 Å². The van der Waals surface area contributed by atoms with Gasteiger partial charge < -0.3 is 19.6 Å². The van der Waals surface area contributed by atoms with Gasteiger partial charge in [-0.25, -0.2) is 14.6 Å². The Morgan fingerprint density at radius 3 is 2.38 bits per heavy atom. The third kappa shape index (κ3) is 4.59. The minimum atomic E-state index is -1.03. The van der Waals surface area contributed by atoms with Crippen LogP contribution in [0.1, 0.15) is 44.1 Å². The van der Waals surface area contributed by atoms with Gasteiger partial charge in [0.05, 0.1) is 11.9 Å². The minimum Gasteiger partial charge on any atom is -0.477 e. The first-order valence-electron chi connectivity index (χ1n) is 8.07. The van der Waals surface area contributed by atoms with Crippen molar-refractivity contribution in [1.29, 1.82) is 0 Å². The highest BCUT2D eigenvalue weighted by Gasteiger charge is 2.28. The maximum Gasteiger partial charge on any atom is 0.410 e. The van der Waals surface area contributed by atoms with Crippen molar-refractivity contribution in [2.45, 2.75) is 45.3 Å². The van der Waals surface area contributed by atoms with Crippen molar-refractivity contribution in [3.63, 3.8) is 0 Å². The Labute approximate surface area is 142 Å². The number of aromatic nitrogens is 1. The molecule has 2 heterocycles. The number of carboxylic acids is 1. The van der Waals surface area contributed by atoms with Gasteiger partial charge in [-0.05, 0) is 45.7 Å². The summed E-state index contributed by atoms with van der Waals surface area (Å²) in [7, 11) is 1.96. The van der Waals surface area contributed by atoms with Crippen molar-refractivity contribution < 1.29 is 19.4 Å². The Hall–Kier alpha value is -2.31. The van der Waals surface area contributed by atoms with Gasteiger partial charge in [-0.2, -0.15) is 0 Å². The number of aromatic carboxylic acids is 1. The number of nitrogens with zero attached hydrogens (tertiary/aromatic N) is 3. The number of rotatable bonds is 3. The van der Waals surface area contributed by atoms with E-state index in [1.54, 1.807) is 17.2 Å². The molecule has 24 heavy (non-hydrogen) atoms. The van der Waals surface area contributed by atoms with Gasteiger partial charge in [-0.1, -0.05) is 0 Å². The normalized spacial score (nSPS) is 15.9. The van der Waals surface area contributed by atoms with E-state index < -0.39 is 11.6 Å². The quantitative estimate of drug-likeness (QED) is 0.914. The molecule has 0 saturated carbocycles. The Morgan fingerprint density at radius 1 is 1.29 bits per heavy atom. The van der Waals surface area contributed by atoms with Crippen molar-refractivity contribution in [1.82, 2.24) is 9.88 Å². The van der Waals surface area contributed by atoms with E-state index in [-0.39, 0.29) is 17.8 Å². The molecule has 1 saturated heterocycles. The molecule has 1 aliphatic heterocycles. The lowest BCUT2D eigenvalue weighted by molar-refractivity contribution is 0.0205. The predicted molar refractivity (Wildman–Crippen MR) is 90.4 cm³/mol. The summed E-state index contributed by atoms with van der Waals surface area (Å²) < 4.78 is 5.40. The molecule has 7 nitrogen and oxygen atoms in total. The number of ether oxygens (including phenoxy) is 1. The lowest BCUT2D eigenvalue weighted by Gasteiger charge is -2.38. The number of carbonyl (C=O) groups is 2. The molecule has 1 aromatic heterocycles. The highest BCUT2D eigenvalue weighted by molar-refractivity contribution is 5.85. The summed E-state index contributed by atoms with van der Waals surface area (Å²) in [6, 6.07) is 3.54. The Bertz CT molecular complexity index is 587. The molecule has 0 spiro atoms. The van der Waals surface area contributed by atoms with E-state index in [1.165, 1.54) is 6.07 Å². The summed E-state index contributed by atoms with van der Waals surface area (Å²) in [5.74, 6) is -1.03. The average molecular weight is 335 g/mol. The molecule has 7 heteroatoms. The molecule has 2 rings (SSSR count). The second-order valence-corrected chi connectivity index (χ2v) is 7.02. The van der Waals surface area contributed by atoms with Crippen molar-refractivity contribution in [2.75, 3.05) is 25.0 Å². The first-order valence-corrected chi connectivity index (χ1v) is 8.07. The number of hydrogen-bond acceptors (Lipinski definition) is 5. The first-order chi connectivity index (χ1) is 11.2. The molecule has 1 amide bonds. The number of pyridine rings is 1. The second kappa shape index (κ2) is 7.07. The molecule has 1 fully saturated rings. The fourth-order valence-electron chi connectivity index (χ4n) is 2.69. The maximum absolute atomic E-state index is 12.1. The molecule has 1 N–H and O–H groups in total. The van der Waals surface area contributed by atoms with E-state index >= 15 is 0 Å². The largest absolute Gasteiger partial charge is 0.477 e.